The number of carbonyl (C=O) groups is 1. The Balaban J connectivity index is 3.23. The molecule has 3 heteroatoms. The summed E-state index contributed by atoms with van der Waals surface area (Å²) < 4.78 is 12.7. The lowest BCUT2D eigenvalue weighted by molar-refractivity contribution is 0.101. The fraction of sp³-hybridized carbons (Fsp3) is 0.125. The second kappa shape index (κ2) is 3.01. The molecule has 0 aromatic heterocycles. The number of carbonyl (C=O) groups excluding carboxylic acids is 1. The first-order valence-corrected chi connectivity index (χ1v) is 3.45. The van der Waals surface area contributed by atoms with Crippen molar-refractivity contribution < 1.29 is 9.18 Å². The summed E-state index contributed by atoms with van der Waals surface area (Å²) in [5, 5.41) is 0.372. The van der Waals surface area contributed by atoms with Gasteiger partial charge in [0.05, 0.1) is 5.56 Å². The highest BCUT2D eigenvalue weighted by Gasteiger charge is 2.06. The van der Waals surface area contributed by atoms with Crippen LogP contribution < -0.4 is 0 Å². The SMILES string of the molecule is CC(=O)c1cc(Cl)ccc1F. The Hall–Kier alpha value is -0.890. The van der Waals surface area contributed by atoms with Gasteiger partial charge < -0.3 is 0 Å². The van der Waals surface area contributed by atoms with Gasteiger partial charge in [-0.15, -0.1) is 0 Å². The van der Waals surface area contributed by atoms with Gasteiger partial charge in [0.1, 0.15) is 5.82 Å². The second-order valence-corrected chi connectivity index (χ2v) is 2.62. The molecule has 1 aromatic carbocycles. The molecule has 0 aliphatic carbocycles. The number of rotatable bonds is 1. The van der Waals surface area contributed by atoms with E-state index in [0.29, 0.717) is 5.02 Å². The highest BCUT2D eigenvalue weighted by Crippen LogP contribution is 2.14. The molecular weight excluding hydrogens is 167 g/mol. The lowest BCUT2D eigenvalue weighted by Gasteiger charge is -1.97. The second-order valence-electron chi connectivity index (χ2n) is 2.18. The first-order valence-electron chi connectivity index (χ1n) is 3.07. The van der Waals surface area contributed by atoms with Crippen LogP contribution in [0.15, 0.2) is 18.2 Å². The van der Waals surface area contributed by atoms with Crippen LogP contribution in [-0.2, 0) is 0 Å². The van der Waals surface area contributed by atoms with Crippen molar-refractivity contribution in [2.75, 3.05) is 0 Å². The van der Waals surface area contributed by atoms with Gasteiger partial charge in [-0.1, -0.05) is 11.6 Å². The first kappa shape index (κ1) is 8.21. The van der Waals surface area contributed by atoms with Crippen LogP contribution in [0.5, 0.6) is 0 Å². The zero-order valence-electron chi connectivity index (χ0n) is 5.90. The summed E-state index contributed by atoms with van der Waals surface area (Å²) in [6.45, 7) is 1.30. The first-order chi connectivity index (χ1) is 5.11. The molecule has 0 saturated heterocycles. The van der Waals surface area contributed by atoms with Gasteiger partial charge in [-0.05, 0) is 25.1 Å². The Morgan fingerprint density at radius 1 is 1.55 bits per heavy atom. The van der Waals surface area contributed by atoms with Crippen LogP contribution in [0.2, 0.25) is 5.02 Å². The number of Topliss-reactive ketones (excluding diaryl/α,β-unsaturated/α-hetero) is 1. The summed E-state index contributed by atoms with van der Waals surface area (Å²) in [4.78, 5) is 10.7. The fourth-order valence-corrected chi connectivity index (χ4v) is 0.939. The van der Waals surface area contributed by atoms with Crippen molar-refractivity contribution in [1.29, 1.82) is 0 Å². The van der Waals surface area contributed by atoms with Gasteiger partial charge in [0.15, 0.2) is 5.78 Å². The van der Waals surface area contributed by atoms with Crippen molar-refractivity contribution in [2.45, 2.75) is 6.92 Å². The predicted molar refractivity (Wildman–Crippen MR) is 41.4 cm³/mol. The molecule has 1 nitrogen and oxygen atoms in total. The summed E-state index contributed by atoms with van der Waals surface area (Å²) in [7, 11) is 0. The monoisotopic (exact) mass is 172 g/mol. The quantitative estimate of drug-likeness (QED) is 0.596. The summed E-state index contributed by atoms with van der Waals surface area (Å²) in [5.74, 6) is -0.841. The molecule has 0 N–H and O–H groups in total. The molecule has 0 amide bonds. The molecule has 0 fully saturated rings. The number of benzene rings is 1. The third-order valence-corrected chi connectivity index (χ3v) is 1.54. The molecule has 0 heterocycles. The van der Waals surface area contributed by atoms with Crippen LogP contribution in [-0.4, -0.2) is 5.78 Å². The average Bonchev–Trinajstić information content (AvgIpc) is 1.94. The fourth-order valence-electron chi connectivity index (χ4n) is 0.767. The Labute approximate surface area is 68.8 Å². The molecule has 0 aliphatic heterocycles. The predicted octanol–water partition coefficient (Wildman–Crippen LogP) is 2.68. The van der Waals surface area contributed by atoms with Crippen molar-refractivity contribution >= 4 is 17.4 Å². The summed E-state index contributed by atoms with van der Waals surface area (Å²) in [6, 6.07) is 3.90. The number of hydrogen-bond acceptors (Lipinski definition) is 1. The van der Waals surface area contributed by atoms with Crippen molar-refractivity contribution in [3.05, 3.63) is 34.6 Å². The third-order valence-electron chi connectivity index (χ3n) is 1.31. The van der Waals surface area contributed by atoms with Crippen molar-refractivity contribution in [3.8, 4) is 0 Å². The van der Waals surface area contributed by atoms with E-state index in [1.54, 1.807) is 0 Å². The lowest BCUT2D eigenvalue weighted by Crippen LogP contribution is -1.95. The van der Waals surface area contributed by atoms with Gasteiger partial charge in [-0.25, -0.2) is 4.39 Å². The van der Waals surface area contributed by atoms with Crippen LogP contribution in [0.4, 0.5) is 4.39 Å². The van der Waals surface area contributed by atoms with E-state index in [0.717, 1.165) is 0 Å². The highest BCUT2D eigenvalue weighted by atomic mass is 35.5. The van der Waals surface area contributed by atoms with Crippen molar-refractivity contribution in [1.82, 2.24) is 0 Å². The Morgan fingerprint density at radius 2 is 2.18 bits per heavy atom. The van der Waals surface area contributed by atoms with Crippen LogP contribution in [0, 0.1) is 5.82 Å². The Kier molecular flexibility index (Phi) is 2.25. The zero-order chi connectivity index (χ0) is 8.43. The summed E-state index contributed by atoms with van der Waals surface area (Å²) in [5.41, 5.74) is 0.0394. The normalized spacial score (nSPS) is 9.73. The van der Waals surface area contributed by atoms with Crippen LogP contribution in [0.25, 0.3) is 0 Å². The molecule has 0 spiro atoms. The summed E-state index contributed by atoms with van der Waals surface area (Å²) >= 11 is 5.54. The maximum atomic E-state index is 12.7. The van der Waals surface area contributed by atoms with Gasteiger partial charge >= 0.3 is 0 Å². The van der Waals surface area contributed by atoms with Gasteiger partial charge in [0.2, 0.25) is 0 Å². The van der Waals surface area contributed by atoms with E-state index < -0.39 is 5.82 Å². The van der Waals surface area contributed by atoms with E-state index in [1.165, 1.54) is 25.1 Å². The highest BCUT2D eigenvalue weighted by molar-refractivity contribution is 6.30. The lowest BCUT2D eigenvalue weighted by atomic mass is 10.1. The van der Waals surface area contributed by atoms with E-state index in [2.05, 4.69) is 0 Å². The number of hydrogen-bond donors (Lipinski definition) is 0. The van der Waals surface area contributed by atoms with E-state index in [1.807, 2.05) is 0 Å². The molecule has 11 heavy (non-hydrogen) atoms. The molecule has 1 rings (SSSR count). The van der Waals surface area contributed by atoms with Crippen LogP contribution in [0.3, 0.4) is 0 Å². The molecule has 0 saturated carbocycles. The third kappa shape index (κ3) is 1.77. The van der Waals surface area contributed by atoms with E-state index >= 15 is 0 Å². The largest absolute Gasteiger partial charge is 0.294 e. The average molecular weight is 173 g/mol. The van der Waals surface area contributed by atoms with Crippen LogP contribution in [0.1, 0.15) is 17.3 Å². The smallest absolute Gasteiger partial charge is 0.162 e. The molecule has 0 atom stereocenters. The maximum absolute atomic E-state index is 12.7. The molecule has 0 unspecified atom stereocenters. The molecular formula is C8H6ClFO. The molecule has 1 aromatic rings. The van der Waals surface area contributed by atoms with E-state index in [4.69, 9.17) is 11.6 Å². The Bertz CT molecular complexity index is 296. The van der Waals surface area contributed by atoms with Crippen molar-refractivity contribution in [3.63, 3.8) is 0 Å². The Morgan fingerprint density at radius 3 is 2.64 bits per heavy atom. The molecule has 58 valence electrons. The topological polar surface area (TPSA) is 17.1 Å². The van der Waals surface area contributed by atoms with Crippen molar-refractivity contribution in [2.24, 2.45) is 0 Å². The minimum absolute atomic E-state index is 0.0394. The zero-order valence-corrected chi connectivity index (χ0v) is 6.65. The minimum Gasteiger partial charge on any atom is -0.294 e. The van der Waals surface area contributed by atoms with Gasteiger partial charge in [-0.3, -0.25) is 4.79 Å². The van der Waals surface area contributed by atoms with Gasteiger partial charge in [0, 0.05) is 5.02 Å². The molecule has 0 aliphatic rings. The number of ketones is 1. The molecule has 0 radical (unpaired) electrons. The van der Waals surface area contributed by atoms with Crippen LogP contribution >= 0.6 is 11.6 Å². The van der Waals surface area contributed by atoms with E-state index in [9.17, 15) is 9.18 Å². The maximum Gasteiger partial charge on any atom is 0.162 e. The van der Waals surface area contributed by atoms with Gasteiger partial charge in [-0.2, -0.15) is 0 Å². The minimum atomic E-state index is -0.526. The van der Waals surface area contributed by atoms with E-state index in [-0.39, 0.29) is 11.3 Å². The molecule has 0 bridgehead atoms. The summed E-state index contributed by atoms with van der Waals surface area (Å²) in [6.07, 6.45) is 0. The number of halogens is 2. The van der Waals surface area contributed by atoms with Gasteiger partial charge in [0.25, 0.3) is 0 Å². The standard InChI is InChI=1S/C8H6ClFO/c1-5(11)7-4-6(9)2-3-8(7)10/h2-4H,1H3.